The lowest BCUT2D eigenvalue weighted by atomic mass is 9.98. The molecule has 2 aliphatic rings. The van der Waals surface area contributed by atoms with Crippen molar-refractivity contribution in [1.82, 2.24) is 14.7 Å². The third kappa shape index (κ3) is 5.45. The van der Waals surface area contributed by atoms with E-state index in [1.807, 2.05) is 0 Å². The molecule has 2 heterocycles. The average Bonchev–Trinajstić information content (AvgIpc) is 3.14. The number of benzene rings is 1. The fraction of sp³-hybridized carbons (Fsp3) is 0.727. The van der Waals surface area contributed by atoms with Crippen molar-refractivity contribution < 1.29 is 4.74 Å². The van der Waals surface area contributed by atoms with Crippen molar-refractivity contribution in [2.24, 2.45) is 0 Å². The summed E-state index contributed by atoms with van der Waals surface area (Å²) < 4.78 is 5.64. The minimum Gasteiger partial charge on any atom is -0.496 e. The second-order valence-corrected chi connectivity index (χ2v) is 8.34. The number of rotatable bonds is 8. The number of nitrogens with zero attached hydrogens (tertiary/aromatic N) is 3. The Hall–Kier alpha value is -1.10. The lowest BCUT2D eigenvalue weighted by Gasteiger charge is -2.36. The molecule has 0 N–H and O–H groups in total. The first-order chi connectivity index (χ1) is 12.7. The van der Waals surface area contributed by atoms with Gasteiger partial charge >= 0.3 is 0 Å². The van der Waals surface area contributed by atoms with E-state index >= 15 is 0 Å². The Bertz CT molecular complexity index is 554. The molecule has 0 amide bonds. The first-order valence-electron chi connectivity index (χ1n) is 10.4. The van der Waals surface area contributed by atoms with E-state index in [-0.39, 0.29) is 0 Å². The van der Waals surface area contributed by atoms with Gasteiger partial charge in [0.25, 0.3) is 0 Å². The fourth-order valence-electron chi connectivity index (χ4n) is 4.47. The van der Waals surface area contributed by atoms with E-state index in [0.717, 1.165) is 24.9 Å². The zero-order valence-electron chi connectivity index (χ0n) is 17.0. The van der Waals surface area contributed by atoms with Crippen LogP contribution in [0.25, 0.3) is 0 Å². The van der Waals surface area contributed by atoms with Gasteiger partial charge in [0.05, 0.1) is 7.11 Å². The third-order valence-electron chi connectivity index (χ3n) is 5.98. The maximum atomic E-state index is 5.64. The number of likely N-dealkylation sites (tertiary alicyclic amines) is 2. The molecular formula is C22H37N3O. The van der Waals surface area contributed by atoms with Gasteiger partial charge < -0.3 is 9.64 Å². The minimum absolute atomic E-state index is 0.732. The highest BCUT2D eigenvalue weighted by molar-refractivity contribution is 5.37. The van der Waals surface area contributed by atoms with E-state index in [4.69, 9.17) is 4.74 Å². The third-order valence-corrected chi connectivity index (χ3v) is 5.98. The van der Waals surface area contributed by atoms with Crippen LogP contribution in [0.15, 0.2) is 18.2 Å². The van der Waals surface area contributed by atoms with Crippen LogP contribution in [0.1, 0.15) is 49.7 Å². The molecule has 26 heavy (non-hydrogen) atoms. The average molecular weight is 360 g/mol. The summed E-state index contributed by atoms with van der Waals surface area (Å²) in [5, 5.41) is 0. The molecule has 0 aromatic heterocycles. The van der Waals surface area contributed by atoms with Crippen LogP contribution in [0.2, 0.25) is 0 Å². The van der Waals surface area contributed by atoms with Gasteiger partial charge in [-0.15, -0.1) is 0 Å². The second kappa shape index (κ2) is 9.72. The standard InChI is InChI=1S/C22H37N3O/c1-23(2)15-11-21-8-4-5-14-25(21)17-19-9-10-22(26-3)20(16-19)18-24-12-6-7-13-24/h9-10,16,21H,4-8,11-15,17-18H2,1-3H3/t21-/m1/s1. The van der Waals surface area contributed by atoms with Crippen LogP contribution >= 0.6 is 0 Å². The smallest absolute Gasteiger partial charge is 0.123 e. The van der Waals surface area contributed by atoms with Crippen LogP contribution in [0.3, 0.4) is 0 Å². The van der Waals surface area contributed by atoms with E-state index in [2.05, 4.69) is 47.0 Å². The molecule has 4 heteroatoms. The summed E-state index contributed by atoms with van der Waals surface area (Å²) >= 11 is 0. The maximum absolute atomic E-state index is 5.64. The van der Waals surface area contributed by atoms with E-state index in [0.29, 0.717) is 0 Å². The van der Waals surface area contributed by atoms with Crippen molar-refractivity contribution in [3.63, 3.8) is 0 Å². The Labute approximate surface area is 160 Å². The summed E-state index contributed by atoms with van der Waals surface area (Å²) in [4.78, 5) is 7.59. The number of piperidine rings is 1. The van der Waals surface area contributed by atoms with Gasteiger partial charge in [-0.3, -0.25) is 9.80 Å². The van der Waals surface area contributed by atoms with Gasteiger partial charge in [0.15, 0.2) is 0 Å². The summed E-state index contributed by atoms with van der Waals surface area (Å²) in [6, 6.07) is 7.58. The number of methoxy groups -OCH3 is 1. The molecule has 1 atom stereocenters. The van der Waals surface area contributed by atoms with E-state index in [9.17, 15) is 0 Å². The Morgan fingerprint density at radius 3 is 2.54 bits per heavy atom. The van der Waals surface area contributed by atoms with Gasteiger partial charge in [-0.1, -0.05) is 12.5 Å². The zero-order valence-corrected chi connectivity index (χ0v) is 17.0. The molecular weight excluding hydrogens is 322 g/mol. The van der Waals surface area contributed by atoms with Crippen molar-refractivity contribution >= 4 is 0 Å². The van der Waals surface area contributed by atoms with Crippen LogP contribution < -0.4 is 4.74 Å². The highest BCUT2D eigenvalue weighted by Crippen LogP contribution is 2.26. The van der Waals surface area contributed by atoms with Gasteiger partial charge in [-0.05, 0) is 90.1 Å². The Kier molecular flexibility index (Phi) is 7.35. The summed E-state index contributed by atoms with van der Waals surface area (Å²) in [6.45, 7) is 6.99. The predicted molar refractivity (Wildman–Crippen MR) is 109 cm³/mol. The number of ether oxygens (including phenoxy) is 1. The zero-order chi connectivity index (χ0) is 18.4. The molecule has 0 unspecified atom stereocenters. The van der Waals surface area contributed by atoms with Gasteiger partial charge in [-0.2, -0.15) is 0 Å². The highest BCUT2D eigenvalue weighted by atomic mass is 16.5. The van der Waals surface area contributed by atoms with Crippen molar-refractivity contribution in [3.8, 4) is 5.75 Å². The van der Waals surface area contributed by atoms with Crippen LogP contribution in [0.5, 0.6) is 5.75 Å². The lowest BCUT2D eigenvalue weighted by Crippen LogP contribution is -2.40. The Morgan fingerprint density at radius 2 is 1.81 bits per heavy atom. The Morgan fingerprint density at radius 1 is 1.04 bits per heavy atom. The van der Waals surface area contributed by atoms with Crippen LogP contribution in [0.4, 0.5) is 0 Å². The summed E-state index contributed by atoms with van der Waals surface area (Å²) in [5.41, 5.74) is 2.80. The van der Waals surface area contributed by atoms with E-state index in [1.54, 1.807) is 7.11 Å². The normalized spacial score (nSPS) is 22.2. The molecule has 4 nitrogen and oxygen atoms in total. The van der Waals surface area contributed by atoms with Crippen molar-refractivity contribution in [1.29, 1.82) is 0 Å². The molecule has 0 spiro atoms. The summed E-state index contributed by atoms with van der Waals surface area (Å²) in [7, 11) is 6.16. The lowest BCUT2D eigenvalue weighted by molar-refractivity contribution is 0.124. The van der Waals surface area contributed by atoms with Crippen molar-refractivity contribution in [2.75, 3.05) is 47.4 Å². The second-order valence-electron chi connectivity index (χ2n) is 8.34. The molecule has 3 rings (SSSR count). The molecule has 146 valence electrons. The quantitative estimate of drug-likeness (QED) is 0.706. The molecule has 2 aliphatic heterocycles. The largest absolute Gasteiger partial charge is 0.496 e. The van der Waals surface area contributed by atoms with Gasteiger partial charge in [0.1, 0.15) is 5.75 Å². The van der Waals surface area contributed by atoms with Gasteiger partial charge in [0, 0.05) is 24.7 Å². The fourth-order valence-corrected chi connectivity index (χ4v) is 4.47. The molecule has 2 saturated heterocycles. The molecule has 0 bridgehead atoms. The first-order valence-corrected chi connectivity index (χ1v) is 10.4. The predicted octanol–water partition coefficient (Wildman–Crippen LogP) is 3.60. The van der Waals surface area contributed by atoms with Crippen LogP contribution in [-0.2, 0) is 13.1 Å². The molecule has 0 radical (unpaired) electrons. The SMILES string of the molecule is COc1ccc(CN2CCCC[C@@H]2CCN(C)C)cc1CN1CCCC1. The van der Waals surface area contributed by atoms with Crippen LogP contribution in [-0.4, -0.2) is 68.1 Å². The van der Waals surface area contributed by atoms with Crippen molar-refractivity contribution in [2.45, 2.75) is 57.7 Å². The minimum atomic E-state index is 0.732. The summed E-state index contributed by atoms with van der Waals surface area (Å²) in [6.07, 6.45) is 8.04. The Balaban J connectivity index is 1.67. The highest BCUT2D eigenvalue weighted by Gasteiger charge is 2.23. The molecule has 1 aromatic rings. The van der Waals surface area contributed by atoms with E-state index < -0.39 is 0 Å². The molecule has 1 aromatic carbocycles. The molecule has 0 aliphatic carbocycles. The summed E-state index contributed by atoms with van der Waals surface area (Å²) in [5.74, 6) is 1.04. The first kappa shape index (κ1) is 19.7. The maximum Gasteiger partial charge on any atom is 0.123 e. The van der Waals surface area contributed by atoms with Crippen LogP contribution in [0, 0.1) is 0 Å². The number of hydrogen-bond acceptors (Lipinski definition) is 4. The molecule has 2 fully saturated rings. The topological polar surface area (TPSA) is 19.0 Å². The van der Waals surface area contributed by atoms with Gasteiger partial charge in [0.2, 0.25) is 0 Å². The molecule has 0 saturated carbocycles. The van der Waals surface area contributed by atoms with Crippen molar-refractivity contribution in [3.05, 3.63) is 29.3 Å². The van der Waals surface area contributed by atoms with Gasteiger partial charge in [-0.25, -0.2) is 0 Å². The monoisotopic (exact) mass is 359 g/mol. The number of hydrogen-bond donors (Lipinski definition) is 0. The van der Waals surface area contributed by atoms with E-state index in [1.165, 1.54) is 75.8 Å².